The quantitative estimate of drug-likeness (QED) is 0.482. The van der Waals surface area contributed by atoms with E-state index in [1.54, 1.807) is 0 Å². The van der Waals surface area contributed by atoms with Gasteiger partial charge in [-0.15, -0.1) is 0 Å². The highest BCUT2D eigenvalue weighted by molar-refractivity contribution is 7.92. The third-order valence-electron chi connectivity index (χ3n) is 5.98. The van der Waals surface area contributed by atoms with Crippen molar-refractivity contribution in [2.24, 2.45) is 5.92 Å². The molecule has 1 aromatic carbocycles. The number of allylic oxidation sites excluding steroid dienone is 1. The van der Waals surface area contributed by atoms with E-state index in [4.69, 9.17) is 5.11 Å². The van der Waals surface area contributed by atoms with Crippen molar-refractivity contribution >= 4 is 27.1 Å². The fraction of sp³-hybridized carbons (Fsp3) is 0.435. The summed E-state index contributed by atoms with van der Waals surface area (Å²) in [6, 6.07) is 5.86. The Balaban J connectivity index is 1.60. The molecule has 0 saturated heterocycles. The van der Waals surface area contributed by atoms with Crippen LogP contribution in [0.2, 0.25) is 0 Å². The van der Waals surface area contributed by atoms with Crippen molar-refractivity contribution in [3.05, 3.63) is 54.0 Å². The van der Waals surface area contributed by atoms with Crippen LogP contribution < -0.4 is 5.32 Å². The zero-order valence-electron chi connectivity index (χ0n) is 18.1. The second-order valence-corrected chi connectivity index (χ2v) is 10.8. The summed E-state index contributed by atoms with van der Waals surface area (Å²) in [7, 11) is -3.40. The summed E-state index contributed by atoms with van der Waals surface area (Å²) in [6.45, 7) is -0.535. The number of carbonyl (C=O) groups excluding carboxylic acids is 1. The van der Waals surface area contributed by atoms with Crippen LogP contribution in [-0.4, -0.2) is 58.7 Å². The first-order chi connectivity index (χ1) is 16.2. The maximum Gasteiger partial charge on any atom is 0.257 e. The summed E-state index contributed by atoms with van der Waals surface area (Å²) in [4.78, 5) is 21.2. The Morgan fingerprint density at radius 2 is 1.76 bits per heavy atom. The Labute approximate surface area is 195 Å². The topological polar surface area (TPSA) is 129 Å². The van der Waals surface area contributed by atoms with Crippen molar-refractivity contribution in [2.45, 2.75) is 54.3 Å². The zero-order chi connectivity index (χ0) is 24.5. The molecule has 2 saturated carbocycles. The van der Waals surface area contributed by atoms with Gasteiger partial charge in [0.2, 0.25) is 0 Å². The van der Waals surface area contributed by atoms with Gasteiger partial charge in [-0.3, -0.25) is 9.78 Å². The Morgan fingerprint density at radius 1 is 1.12 bits per heavy atom. The van der Waals surface area contributed by atoms with Crippen LogP contribution in [-0.2, 0) is 14.6 Å². The maximum absolute atomic E-state index is 13.7. The minimum Gasteiger partial charge on any atom is -0.393 e. The molecule has 0 bridgehead atoms. The third kappa shape index (κ3) is 5.31. The van der Waals surface area contributed by atoms with E-state index in [1.165, 1.54) is 42.7 Å². The van der Waals surface area contributed by atoms with Gasteiger partial charge in [0.15, 0.2) is 15.7 Å². The van der Waals surface area contributed by atoms with Crippen molar-refractivity contribution in [3.63, 3.8) is 0 Å². The molecule has 0 radical (unpaired) electrons. The Kier molecular flexibility index (Phi) is 7.06. The molecule has 1 unspecified atom stereocenters. The molecule has 0 spiro atoms. The number of alkyl halides is 2. The van der Waals surface area contributed by atoms with Gasteiger partial charge in [-0.05, 0) is 49.3 Å². The SMILES string of the molecule is O=C(Nc1cnc([C@H](O)CO)cn1)/C(=C/C1C[C@@H](F)[C@@H](F)C1)c1ccc(S(=O)(=O)C2CC2)cc1. The lowest BCUT2D eigenvalue weighted by molar-refractivity contribution is -0.111. The second-order valence-electron chi connectivity index (χ2n) is 8.59. The second kappa shape index (κ2) is 9.85. The number of hydrogen-bond donors (Lipinski definition) is 3. The van der Waals surface area contributed by atoms with E-state index < -0.39 is 46.7 Å². The number of nitrogens with one attached hydrogen (secondary N) is 1. The smallest absolute Gasteiger partial charge is 0.257 e. The molecule has 3 N–H and O–H groups in total. The molecule has 8 nitrogen and oxygen atoms in total. The number of benzene rings is 1. The predicted octanol–water partition coefficient (Wildman–Crippen LogP) is 2.55. The number of aromatic nitrogens is 2. The number of anilines is 1. The Hall–Kier alpha value is -2.76. The number of sulfone groups is 1. The van der Waals surface area contributed by atoms with Crippen LogP contribution in [0.5, 0.6) is 0 Å². The van der Waals surface area contributed by atoms with E-state index in [2.05, 4.69) is 15.3 Å². The van der Waals surface area contributed by atoms with Gasteiger partial charge < -0.3 is 15.5 Å². The van der Waals surface area contributed by atoms with Crippen LogP contribution in [0.3, 0.4) is 0 Å². The molecule has 1 amide bonds. The molecule has 2 aliphatic rings. The highest BCUT2D eigenvalue weighted by Crippen LogP contribution is 2.36. The Bertz CT molecular complexity index is 1160. The van der Waals surface area contributed by atoms with E-state index in [-0.39, 0.29) is 40.1 Å². The number of aliphatic hydroxyl groups excluding tert-OH is 2. The fourth-order valence-corrected chi connectivity index (χ4v) is 5.55. The van der Waals surface area contributed by atoms with Gasteiger partial charge in [-0.25, -0.2) is 22.2 Å². The number of rotatable bonds is 8. The molecule has 1 aromatic heterocycles. The lowest BCUT2D eigenvalue weighted by atomic mass is 9.98. The van der Waals surface area contributed by atoms with Crippen molar-refractivity contribution in [1.29, 1.82) is 0 Å². The molecule has 182 valence electrons. The molecular weight excluding hydrogens is 468 g/mol. The molecule has 4 atom stereocenters. The van der Waals surface area contributed by atoms with Crippen molar-refractivity contribution < 1.29 is 32.2 Å². The highest BCUT2D eigenvalue weighted by atomic mass is 32.2. The molecule has 4 rings (SSSR count). The first-order valence-corrected chi connectivity index (χ1v) is 12.5. The predicted molar refractivity (Wildman–Crippen MR) is 120 cm³/mol. The van der Waals surface area contributed by atoms with Gasteiger partial charge >= 0.3 is 0 Å². The Morgan fingerprint density at radius 3 is 2.29 bits per heavy atom. The fourth-order valence-electron chi connectivity index (χ4n) is 3.89. The summed E-state index contributed by atoms with van der Waals surface area (Å²) in [5.74, 6) is -1.05. The van der Waals surface area contributed by atoms with Crippen molar-refractivity contribution in [3.8, 4) is 0 Å². The van der Waals surface area contributed by atoms with Crippen molar-refractivity contribution in [1.82, 2.24) is 9.97 Å². The first-order valence-electron chi connectivity index (χ1n) is 11.0. The van der Waals surface area contributed by atoms with Crippen molar-refractivity contribution in [2.75, 3.05) is 11.9 Å². The van der Waals surface area contributed by atoms with E-state index >= 15 is 0 Å². The van der Waals surface area contributed by atoms with E-state index in [9.17, 15) is 27.1 Å². The van der Waals surface area contributed by atoms with Crippen LogP contribution in [0.25, 0.3) is 5.57 Å². The van der Waals surface area contributed by atoms with Crippen LogP contribution in [0.4, 0.5) is 14.6 Å². The van der Waals surface area contributed by atoms with Crippen LogP contribution in [0.15, 0.2) is 47.6 Å². The number of amides is 1. The van der Waals surface area contributed by atoms with Crippen LogP contribution in [0, 0.1) is 5.92 Å². The number of carbonyl (C=O) groups is 1. The van der Waals surface area contributed by atoms with Gasteiger partial charge in [0, 0.05) is 5.57 Å². The summed E-state index contributed by atoms with van der Waals surface area (Å²) in [5.41, 5.74) is 0.644. The molecule has 1 heterocycles. The number of hydrogen-bond acceptors (Lipinski definition) is 7. The minimum absolute atomic E-state index is 0.0559. The molecule has 11 heteroatoms. The largest absolute Gasteiger partial charge is 0.393 e. The first kappa shape index (κ1) is 24.4. The number of aliphatic hydroxyl groups is 2. The van der Waals surface area contributed by atoms with Gasteiger partial charge in [-0.1, -0.05) is 18.2 Å². The average molecular weight is 494 g/mol. The number of nitrogens with zero attached hydrogens (tertiary/aromatic N) is 2. The van der Waals surface area contributed by atoms with Crippen LogP contribution in [0.1, 0.15) is 43.0 Å². The zero-order valence-corrected chi connectivity index (χ0v) is 19.0. The summed E-state index contributed by atoms with van der Waals surface area (Å²) < 4.78 is 52.4. The van der Waals surface area contributed by atoms with Gasteiger partial charge in [0.05, 0.1) is 34.8 Å². The molecule has 2 aromatic rings. The van der Waals surface area contributed by atoms with Gasteiger partial charge in [0.25, 0.3) is 5.91 Å². The molecule has 2 fully saturated rings. The van der Waals surface area contributed by atoms with Gasteiger partial charge in [0.1, 0.15) is 18.4 Å². The molecule has 0 aliphatic heterocycles. The summed E-state index contributed by atoms with van der Waals surface area (Å²) in [5, 5.41) is 20.8. The molecule has 34 heavy (non-hydrogen) atoms. The standard InChI is InChI=1S/C23H25F2N3O5S/c24-18-8-13(9-19(18)25)7-17(14-1-3-15(4-2-14)34(32,33)16-5-6-16)23(31)28-22-11-26-20(10-27-22)21(30)12-29/h1-4,7,10-11,13,16,18-19,21,29-30H,5-6,8-9,12H2,(H,27,28,31)/b17-7+/t13?,18-,19+,21-/m1/s1. The summed E-state index contributed by atoms with van der Waals surface area (Å²) >= 11 is 0. The molecule has 2 aliphatic carbocycles. The highest BCUT2D eigenvalue weighted by Gasteiger charge is 2.37. The third-order valence-corrected chi connectivity index (χ3v) is 8.26. The van der Waals surface area contributed by atoms with E-state index in [0.717, 1.165) is 0 Å². The number of halogens is 2. The lowest BCUT2D eigenvalue weighted by Crippen LogP contribution is -2.16. The lowest BCUT2D eigenvalue weighted by Gasteiger charge is -2.13. The van der Waals surface area contributed by atoms with E-state index in [1.807, 2.05) is 0 Å². The van der Waals surface area contributed by atoms with Gasteiger partial charge in [-0.2, -0.15) is 0 Å². The normalized spacial score (nSPS) is 24.1. The maximum atomic E-state index is 13.7. The molecular formula is C23H25F2N3O5S. The monoisotopic (exact) mass is 493 g/mol. The average Bonchev–Trinajstić information content (AvgIpc) is 3.64. The minimum atomic E-state index is -3.40. The van der Waals surface area contributed by atoms with Crippen LogP contribution >= 0.6 is 0 Å². The summed E-state index contributed by atoms with van der Waals surface area (Å²) in [6.07, 6.45) is 0.647. The van der Waals surface area contributed by atoms with E-state index in [0.29, 0.717) is 18.4 Å².